The van der Waals surface area contributed by atoms with Crippen molar-refractivity contribution in [1.29, 1.82) is 0 Å². The number of nitrogens with zero attached hydrogens (tertiary/aromatic N) is 3. The van der Waals surface area contributed by atoms with Gasteiger partial charge >= 0.3 is 11.7 Å². The van der Waals surface area contributed by atoms with Crippen molar-refractivity contribution in [3.8, 4) is 6.01 Å². The van der Waals surface area contributed by atoms with Crippen LogP contribution >= 0.6 is 0 Å². The molecule has 0 saturated carbocycles. The van der Waals surface area contributed by atoms with E-state index in [1.54, 1.807) is 6.07 Å². The summed E-state index contributed by atoms with van der Waals surface area (Å²) >= 11 is 0. The van der Waals surface area contributed by atoms with Crippen molar-refractivity contribution in [1.82, 2.24) is 19.5 Å². The van der Waals surface area contributed by atoms with E-state index in [1.165, 1.54) is 24.7 Å². The first kappa shape index (κ1) is 22.3. The monoisotopic (exact) mass is 436 g/mol. The Balaban J connectivity index is 1.87. The Labute approximate surface area is 175 Å². The predicted molar refractivity (Wildman–Crippen MR) is 111 cm³/mol. The van der Waals surface area contributed by atoms with Gasteiger partial charge in [-0.1, -0.05) is 20.8 Å². The largest absolute Gasteiger partial charge is 0.454 e. The van der Waals surface area contributed by atoms with Crippen molar-refractivity contribution >= 4 is 8.32 Å². The first-order valence-corrected chi connectivity index (χ1v) is 12.6. The lowest BCUT2D eigenvalue weighted by atomic mass is 10.1. The highest BCUT2D eigenvalue weighted by Crippen LogP contribution is 2.38. The number of aromatic nitrogens is 4. The molecule has 2 aromatic heterocycles. The fourth-order valence-electron chi connectivity index (χ4n) is 2.83. The van der Waals surface area contributed by atoms with Gasteiger partial charge in [-0.25, -0.2) is 14.8 Å². The van der Waals surface area contributed by atoms with E-state index < -0.39 is 44.1 Å². The van der Waals surface area contributed by atoms with Crippen LogP contribution in [0.25, 0.3) is 0 Å². The van der Waals surface area contributed by atoms with Gasteiger partial charge in [-0.3, -0.25) is 14.3 Å². The molecule has 1 aliphatic rings. The molecule has 2 N–H and O–H groups in total. The zero-order chi connectivity index (χ0) is 22.1. The van der Waals surface area contributed by atoms with Gasteiger partial charge in [0.05, 0.1) is 6.61 Å². The quantitative estimate of drug-likeness (QED) is 0.643. The maximum atomic E-state index is 12.2. The second kappa shape index (κ2) is 8.42. The Morgan fingerprint density at radius 3 is 2.53 bits per heavy atom. The fourth-order valence-corrected chi connectivity index (χ4v) is 3.85. The highest BCUT2D eigenvalue weighted by atomic mass is 28.4. The number of aliphatic hydroxyl groups is 1. The third-order valence-electron chi connectivity index (χ3n) is 5.63. The molecule has 4 atom stereocenters. The van der Waals surface area contributed by atoms with Crippen molar-refractivity contribution in [2.24, 2.45) is 0 Å². The van der Waals surface area contributed by atoms with Crippen LogP contribution < -0.4 is 16.0 Å². The summed E-state index contributed by atoms with van der Waals surface area (Å²) in [6, 6.07) is 2.92. The summed E-state index contributed by atoms with van der Waals surface area (Å²) in [5.74, 6) is 0. The summed E-state index contributed by atoms with van der Waals surface area (Å²) in [6.07, 6.45) is 0.497. The molecule has 0 spiro atoms. The fraction of sp³-hybridized carbons (Fsp3) is 0.579. The zero-order valence-corrected chi connectivity index (χ0v) is 18.7. The van der Waals surface area contributed by atoms with Crippen molar-refractivity contribution in [3.63, 3.8) is 0 Å². The minimum absolute atomic E-state index is 0.0155. The number of aromatic amines is 1. The van der Waals surface area contributed by atoms with Gasteiger partial charge in [-0.15, -0.1) is 0 Å². The summed E-state index contributed by atoms with van der Waals surface area (Å²) in [6.45, 7) is 10.8. The Kier molecular flexibility index (Phi) is 6.27. The highest BCUT2D eigenvalue weighted by Gasteiger charge is 2.48. The van der Waals surface area contributed by atoms with E-state index in [1.807, 2.05) is 0 Å². The molecule has 11 heteroatoms. The van der Waals surface area contributed by atoms with Crippen LogP contribution in [0, 0.1) is 0 Å². The van der Waals surface area contributed by atoms with E-state index in [2.05, 4.69) is 48.8 Å². The third kappa shape index (κ3) is 4.69. The summed E-state index contributed by atoms with van der Waals surface area (Å²) in [7, 11) is -2.10. The number of nitrogens with one attached hydrogen (secondary N) is 1. The Morgan fingerprint density at radius 1 is 1.27 bits per heavy atom. The molecule has 0 amide bonds. The van der Waals surface area contributed by atoms with E-state index in [4.69, 9.17) is 13.9 Å². The summed E-state index contributed by atoms with van der Waals surface area (Å²) in [5.41, 5.74) is -1.22. The lowest BCUT2D eigenvalue weighted by Crippen LogP contribution is -2.46. The van der Waals surface area contributed by atoms with Crippen LogP contribution in [-0.4, -0.2) is 57.9 Å². The molecular formula is C19H28N4O6Si. The number of aliphatic hydroxyl groups excluding tert-OH is 1. The molecule has 0 aromatic carbocycles. The maximum absolute atomic E-state index is 12.2. The van der Waals surface area contributed by atoms with Crippen LogP contribution in [0.1, 0.15) is 27.0 Å². The van der Waals surface area contributed by atoms with Gasteiger partial charge in [-0.2, -0.15) is 0 Å². The lowest BCUT2D eigenvalue weighted by molar-refractivity contribution is -0.0527. The van der Waals surface area contributed by atoms with Crippen LogP contribution in [-0.2, 0) is 9.16 Å². The van der Waals surface area contributed by atoms with Gasteiger partial charge < -0.3 is 19.0 Å². The van der Waals surface area contributed by atoms with E-state index >= 15 is 0 Å². The van der Waals surface area contributed by atoms with Gasteiger partial charge in [0.1, 0.15) is 12.2 Å². The molecular weight excluding hydrogens is 408 g/mol. The first-order chi connectivity index (χ1) is 14.0. The van der Waals surface area contributed by atoms with Crippen LogP contribution in [0.15, 0.2) is 40.3 Å². The van der Waals surface area contributed by atoms with Gasteiger partial charge in [0.2, 0.25) is 0 Å². The van der Waals surface area contributed by atoms with Crippen molar-refractivity contribution < 1.29 is 19.0 Å². The third-order valence-corrected chi connectivity index (χ3v) is 10.1. The molecule has 3 rings (SSSR count). The standard InChI is InChI=1S/C19H28N4O6Si/c1-19(2,3)30(4,5)27-11-12-15(29-17-20-8-6-9-21-17)14(25)16(28-12)23-10-7-13(24)22-18(23)26/h6-10,12,14-16,25H,11H2,1-5H3,(H,22,24,26)/t12-,14-,15-,16-/m1/s1. The highest BCUT2D eigenvalue weighted by molar-refractivity contribution is 6.74. The van der Waals surface area contributed by atoms with E-state index in [0.717, 1.165) is 4.57 Å². The second-order valence-electron chi connectivity index (χ2n) is 8.76. The Morgan fingerprint density at radius 2 is 1.93 bits per heavy atom. The van der Waals surface area contributed by atoms with E-state index in [-0.39, 0.29) is 17.7 Å². The summed E-state index contributed by atoms with van der Waals surface area (Å²) in [5, 5.41) is 10.9. The van der Waals surface area contributed by atoms with Crippen LogP contribution in [0.5, 0.6) is 6.01 Å². The molecule has 2 aromatic rings. The summed E-state index contributed by atoms with van der Waals surface area (Å²) < 4.78 is 19.2. The molecule has 0 bridgehead atoms. The molecule has 3 heterocycles. The average Bonchev–Trinajstić information content (AvgIpc) is 2.96. The van der Waals surface area contributed by atoms with Crippen molar-refractivity contribution in [3.05, 3.63) is 51.6 Å². The van der Waals surface area contributed by atoms with Crippen molar-refractivity contribution in [2.45, 2.75) is 63.4 Å². The van der Waals surface area contributed by atoms with Gasteiger partial charge in [0.15, 0.2) is 20.6 Å². The molecule has 0 unspecified atom stereocenters. The SMILES string of the molecule is CC(C)(C)[Si](C)(C)OC[C@H]1O[C@@H](n2ccc(=O)[nH]c2=O)[C@H](O)[C@@H]1Oc1ncccn1. The first-order valence-electron chi connectivity index (χ1n) is 9.72. The van der Waals surface area contributed by atoms with Crippen LogP contribution in [0.4, 0.5) is 0 Å². The van der Waals surface area contributed by atoms with Crippen molar-refractivity contribution in [2.75, 3.05) is 6.61 Å². The van der Waals surface area contributed by atoms with E-state index in [0.29, 0.717) is 0 Å². The number of H-pyrrole nitrogens is 1. The molecule has 10 nitrogen and oxygen atoms in total. The average molecular weight is 437 g/mol. The number of rotatable bonds is 6. The predicted octanol–water partition coefficient (Wildman–Crippen LogP) is 1.05. The minimum atomic E-state index is -2.10. The second-order valence-corrected chi connectivity index (χ2v) is 13.6. The summed E-state index contributed by atoms with van der Waals surface area (Å²) in [4.78, 5) is 33.8. The maximum Gasteiger partial charge on any atom is 0.330 e. The number of hydrogen-bond donors (Lipinski definition) is 2. The molecule has 0 radical (unpaired) electrons. The topological polar surface area (TPSA) is 129 Å². The van der Waals surface area contributed by atoms with Gasteiger partial charge in [-0.05, 0) is 24.2 Å². The normalized spacial score (nSPS) is 24.7. The van der Waals surface area contributed by atoms with Crippen LogP contribution in [0.2, 0.25) is 18.1 Å². The molecule has 1 aliphatic heterocycles. The molecule has 30 heavy (non-hydrogen) atoms. The minimum Gasteiger partial charge on any atom is -0.454 e. The number of hydrogen-bond acceptors (Lipinski definition) is 8. The smallest absolute Gasteiger partial charge is 0.330 e. The molecule has 0 aliphatic carbocycles. The van der Waals surface area contributed by atoms with Gasteiger partial charge in [0.25, 0.3) is 5.56 Å². The van der Waals surface area contributed by atoms with Crippen LogP contribution in [0.3, 0.4) is 0 Å². The molecule has 164 valence electrons. The number of ether oxygens (including phenoxy) is 2. The lowest BCUT2D eigenvalue weighted by Gasteiger charge is -2.37. The Hall–Kier alpha value is -2.34. The zero-order valence-electron chi connectivity index (χ0n) is 17.7. The molecule has 1 fully saturated rings. The Bertz CT molecular complexity index is 971. The molecule has 1 saturated heterocycles. The van der Waals surface area contributed by atoms with E-state index in [9.17, 15) is 14.7 Å². The van der Waals surface area contributed by atoms with Gasteiger partial charge in [0, 0.05) is 24.7 Å².